The Morgan fingerprint density at radius 2 is 2.42 bits per heavy atom. The van der Waals surface area contributed by atoms with Gasteiger partial charge in [0.1, 0.15) is 13.0 Å². The number of methoxy groups -OCH3 is 1. The molecule has 1 rings (SSSR count). The van der Waals surface area contributed by atoms with E-state index in [2.05, 4.69) is 0 Å². The maximum atomic E-state index is 11.4. The van der Waals surface area contributed by atoms with Crippen molar-refractivity contribution in [2.45, 2.75) is 6.92 Å². The Morgan fingerprint density at radius 3 is 3.08 bits per heavy atom. The quantitative estimate of drug-likeness (QED) is 0.614. The van der Waals surface area contributed by atoms with Crippen LogP contribution in [0.25, 0.3) is 0 Å². The van der Waals surface area contributed by atoms with Gasteiger partial charge in [-0.2, -0.15) is 0 Å². The lowest BCUT2D eigenvalue weighted by Crippen LogP contribution is -2.27. The highest BCUT2D eigenvalue weighted by Crippen LogP contribution is 2.06. The molecule has 0 aliphatic carbocycles. The molecular formula is C8H11NO3. The predicted molar refractivity (Wildman–Crippen MR) is 42.7 cm³/mol. The van der Waals surface area contributed by atoms with E-state index in [1.54, 1.807) is 13.1 Å². The van der Waals surface area contributed by atoms with Gasteiger partial charge in [-0.05, 0) is 6.92 Å². The molecule has 0 radical (unpaired) electrons. The van der Waals surface area contributed by atoms with Crippen molar-refractivity contribution in [2.24, 2.45) is 0 Å². The summed E-state index contributed by atoms with van der Waals surface area (Å²) in [6.45, 7) is 1.93. The minimum absolute atomic E-state index is 0.106. The normalized spacial score (nSPS) is 17.0. The summed E-state index contributed by atoms with van der Waals surface area (Å²) in [5, 5.41) is 0. The lowest BCUT2D eigenvalue weighted by Gasteiger charge is -2.14. The largest absolute Gasteiger partial charge is 0.471 e. The second-order valence-corrected chi connectivity index (χ2v) is 2.41. The highest BCUT2D eigenvalue weighted by atomic mass is 16.5. The number of rotatable bonds is 2. The predicted octanol–water partition coefficient (Wildman–Crippen LogP) is 0.824. The van der Waals surface area contributed by atoms with Crippen molar-refractivity contribution in [3.8, 4) is 0 Å². The smallest absolute Gasteiger partial charge is 0.258 e. The van der Waals surface area contributed by atoms with Crippen LogP contribution in [-0.4, -0.2) is 24.6 Å². The fourth-order valence-electron chi connectivity index (χ4n) is 0.835. The van der Waals surface area contributed by atoms with Gasteiger partial charge in [0, 0.05) is 18.9 Å². The number of hydrogen-bond donors (Lipinski definition) is 0. The summed E-state index contributed by atoms with van der Waals surface area (Å²) in [7, 11) is 1.53. The van der Waals surface area contributed by atoms with Crippen LogP contribution in [0.3, 0.4) is 0 Å². The molecule has 0 unspecified atom stereocenters. The lowest BCUT2D eigenvalue weighted by atomic mass is 10.3. The highest BCUT2D eigenvalue weighted by Gasteiger charge is 2.14. The van der Waals surface area contributed by atoms with Gasteiger partial charge in [0.15, 0.2) is 0 Å². The molecule has 0 aromatic carbocycles. The van der Waals surface area contributed by atoms with Gasteiger partial charge >= 0.3 is 0 Å². The van der Waals surface area contributed by atoms with Crippen LogP contribution in [0.15, 0.2) is 24.3 Å². The molecule has 0 aromatic heterocycles. The third-order valence-electron chi connectivity index (χ3n) is 1.43. The first-order valence-corrected chi connectivity index (χ1v) is 3.54. The van der Waals surface area contributed by atoms with Crippen LogP contribution < -0.4 is 0 Å². The Kier molecular flexibility index (Phi) is 2.88. The summed E-state index contributed by atoms with van der Waals surface area (Å²) in [4.78, 5) is 12.8. The van der Waals surface area contributed by atoms with E-state index in [1.807, 2.05) is 0 Å². The fourth-order valence-corrected chi connectivity index (χ4v) is 0.835. The van der Waals surface area contributed by atoms with E-state index in [1.165, 1.54) is 24.5 Å². The van der Waals surface area contributed by atoms with E-state index in [0.717, 1.165) is 0 Å². The fraction of sp³-hybridized carbons (Fsp3) is 0.375. The van der Waals surface area contributed by atoms with Crippen molar-refractivity contribution in [2.75, 3.05) is 13.8 Å². The van der Waals surface area contributed by atoms with Crippen molar-refractivity contribution in [1.29, 1.82) is 0 Å². The number of amides is 1. The van der Waals surface area contributed by atoms with E-state index in [0.29, 0.717) is 5.57 Å². The van der Waals surface area contributed by atoms with Gasteiger partial charge in [-0.15, -0.1) is 0 Å². The Morgan fingerprint density at radius 1 is 1.67 bits per heavy atom. The molecule has 12 heavy (non-hydrogen) atoms. The van der Waals surface area contributed by atoms with E-state index in [4.69, 9.17) is 9.47 Å². The summed E-state index contributed by atoms with van der Waals surface area (Å²) in [6, 6.07) is 0. The zero-order chi connectivity index (χ0) is 8.97. The first kappa shape index (κ1) is 8.80. The molecule has 1 aliphatic rings. The van der Waals surface area contributed by atoms with E-state index >= 15 is 0 Å². The van der Waals surface area contributed by atoms with Crippen LogP contribution in [0.2, 0.25) is 0 Å². The zero-order valence-electron chi connectivity index (χ0n) is 7.11. The molecule has 4 heteroatoms. The van der Waals surface area contributed by atoms with Crippen LogP contribution in [0.1, 0.15) is 6.92 Å². The molecule has 0 fully saturated rings. The van der Waals surface area contributed by atoms with Gasteiger partial charge in [-0.3, -0.25) is 9.69 Å². The van der Waals surface area contributed by atoms with Crippen LogP contribution in [-0.2, 0) is 14.3 Å². The topological polar surface area (TPSA) is 38.8 Å². The first-order chi connectivity index (χ1) is 5.75. The minimum Gasteiger partial charge on any atom is -0.471 e. The molecule has 66 valence electrons. The third kappa shape index (κ3) is 1.85. The molecule has 0 spiro atoms. The summed E-state index contributed by atoms with van der Waals surface area (Å²) < 4.78 is 9.72. The number of ether oxygens (including phenoxy) is 2. The van der Waals surface area contributed by atoms with E-state index in [9.17, 15) is 4.79 Å². The van der Waals surface area contributed by atoms with Gasteiger partial charge in [0.05, 0.1) is 6.26 Å². The lowest BCUT2D eigenvalue weighted by molar-refractivity contribution is -0.128. The second-order valence-electron chi connectivity index (χ2n) is 2.41. The Bertz CT molecular complexity index is 232. The molecule has 4 nitrogen and oxygen atoms in total. The Hall–Kier alpha value is -1.29. The molecule has 1 heterocycles. The average Bonchev–Trinajstić information content (AvgIpc) is 2.20. The third-order valence-corrected chi connectivity index (χ3v) is 1.43. The van der Waals surface area contributed by atoms with Gasteiger partial charge in [0.25, 0.3) is 5.91 Å². The number of carbonyl (C=O) groups excluding carboxylic acids is 1. The SMILES string of the molecule is COCN1C=COC=C(C)C1=O. The highest BCUT2D eigenvalue weighted by molar-refractivity contribution is 5.93. The van der Waals surface area contributed by atoms with Crippen molar-refractivity contribution >= 4 is 5.91 Å². The first-order valence-electron chi connectivity index (χ1n) is 3.54. The van der Waals surface area contributed by atoms with Gasteiger partial charge in [-0.25, -0.2) is 0 Å². The summed E-state index contributed by atoms with van der Waals surface area (Å²) in [6.07, 6.45) is 4.39. The molecule has 0 aromatic rings. The number of hydrogen-bond acceptors (Lipinski definition) is 3. The maximum absolute atomic E-state index is 11.4. The molecule has 0 saturated heterocycles. The summed E-state index contributed by atoms with van der Waals surface area (Å²) >= 11 is 0. The van der Waals surface area contributed by atoms with Crippen LogP contribution in [0, 0.1) is 0 Å². The zero-order valence-corrected chi connectivity index (χ0v) is 7.11. The van der Waals surface area contributed by atoms with Gasteiger partial charge in [0.2, 0.25) is 0 Å². The summed E-state index contributed by atoms with van der Waals surface area (Å²) in [5.74, 6) is -0.106. The van der Waals surface area contributed by atoms with Gasteiger partial charge < -0.3 is 9.47 Å². The van der Waals surface area contributed by atoms with Crippen molar-refractivity contribution in [3.63, 3.8) is 0 Å². The molecule has 0 bridgehead atoms. The monoisotopic (exact) mass is 169 g/mol. The second kappa shape index (κ2) is 3.92. The molecular weight excluding hydrogens is 158 g/mol. The Labute approximate surface area is 71.1 Å². The number of carbonyl (C=O) groups is 1. The number of nitrogens with zero attached hydrogens (tertiary/aromatic N) is 1. The minimum atomic E-state index is -0.106. The van der Waals surface area contributed by atoms with Crippen molar-refractivity contribution < 1.29 is 14.3 Å². The molecule has 1 amide bonds. The molecule has 1 aliphatic heterocycles. The molecule has 0 N–H and O–H groups in total. The molecule has 0 atom stereocenters. The Balaban J connectivity index is 2.73. The average molecular weight is 169 g/mol. The summed E-state index contributed by atoms with van der Waals surface area (Å²) in [5.41, 5.74) is 0.553. The standard InChI is InChI=1S/C8H11NO3/c1-7-5-12-4-3-9(6-11-2)8(7)10/h3-5H,6H2,1-2H3. The maximum Gasteiger partial charge on any atom is 0.258 e. The van der Waals surface area contributed by atoms with Crippen molar-refractivity contribution in [3.05, 3.63) is 24.3 Å². The van der Waals surface area contributed by atoms with Crippen LogP contribution >= 0.6 is 0 Å². The van der Waals surface area contributed by atoms with Crippen molar-refractivity contribution in [1.82, 2.24) is 4.90 Å². The van der Waals surface area contributed by atoms with Gasteiger partial charge in [-0.1, -0.05) is 0 Å². The van der Waals surface area contributed by atoms with E-state index in [-0.39, 0.29) is 12.6 Å². The van der Waals surface area contributed by atoms with Crippen LogP contribution in [0.4, 0.5) is 0 Å². The van der Waals surface area contributed by atoms with E-state index < -0.39 is 0 Å². The van der Waals surface area contributed by atoms with Crippen LogP contribution in [0.5, 0.6) is 0 Å². The molecule has 0 saturated carbocycles.